The largest absolute Gasteiger partial charge is 0.486 e. The Balaban J connectivity index is 2.45. The second-order valence-electron chi connectivity index (χ2n) is 4.23. The van der Waals surface area contributed by atoms with Gasteiger partial charge in [0.2, 0.25) is 0 Å². The molecule has 0 saturated heterocycles. The van der Waals surface area contributed by atoms with Gasteiger partial charge < -0.3 is 14.6 Å². The molecule has 0 amide bonds. The van der Waals surface area contributed by atoms with Gasteiger partial charge in [0.25, 0.3) is 0 Å². The van der Waals surface area contributed by atoms with E-state index in [9.17, 15) is 9.90 Å². The van der Waals surface area contributed by atoms with Gasteiger partial charge in [-0.2, -0.15) is 0 Å². The van der Waals surface area contributed by atoms with E-state index in [0.717, 1.165) is 0 Å². The predicted molar refractivity (Wildman–Crippen MR) is 69.2 cm³/mol. The Labute approximate surface area is 113 Å². The minimum Gasteiger partial charge on any atom is -0.486 e. The molecule has 1 heterocycles. The minimum absolute atomic E-state index is 0.475. The maximum absolute atomic E-state index is 11.3. The number of likely N-dealkylation sites (N-methyl/N-ethyl adjacent to an activating group) is 1. The van der Waals surface area contributed by atoms with Crippen LogP contribution in [0, 0.1) is 0 Å². The smallest absolute Gasteiger partial charge is 0.325 e. The molecule has 1 N–H and O–H groups in total. The number of fused-ring (bicyclic) bond motifs is 1. The molecular formula is C12H14BrNO4. The predicted octanol–water partition coefficient (Wildman–Crippen LogP) is 1.91. The molecule has 0 saturated carbocycles. The van der Waals surface area contributed by atoms with Gasteiger partial charge in [0, 0.05) is 0 Å². The van der Waals surface area contributed by atoms with E-state index in [0.29, 0.717) is 34.7 Å². The van der Waals surface area contributed by atoms with Crippen molar-refractivity contribution in [3.8, 4) is 11.5 Å². The number of benzene rings is 1. The van der Waals surface area contributed by atoms with E-state index in [1.165, 1.54) is 0 Å². The average molecular weight is 316 g/mol. The molecule has 1 aliphatic heterocycles. The van der Waals surface area contributed by atoms with E-state index < -0.39 is 12.0 Å². The Kier molecular flexibility index (Phi) is 3.77. The molecule has 5 nitrogen and oxygen atoms in total. The lowest BCUT2D eigenvalue weighted by molar-refractivity contribution is -0.142. The van der Waals surface area contributed by atoms with Crippen molar-refractivity contribution in [2.24, 2.45) is 0 Å². The highest BCUT2D eigenvalue weighted by atomic mass is 79.9. The van der Waals surface area contributed by atoms with Gasteiger partial charge in [-0.1, -0.05) is 0 Å². The third-order valence-corrected chi connectivity index (χ3v) is 3.27. The lowest BCUT2D eigenvalue weighted by atomic mass is 10.1. The van der Waals surface area contributed by atoms with Gasteiger partial charge in [-0.3, -0.25) is 9.69 Å². The summed E-state index contributed by atoms with van der Waals surface area (Å²) in [6.45, 7) is 0.976. The molecule has 1 unspecified atom stereocenters. The van der Waals surface area contributed by atoms with E-state index in [1.54, 1.807) is 31.1 Å². The first-order valence-electron chi connectivity index (χ1n) is 5.49. The molecule has 6 heteroatoms. The fraction of sp³-hybridized carbons (Fsp3) is 0.417. The lowest BCUT2D eigenvalue weighted by Crippen LogP contribution is -2.27. The summed E-state index contributed by atoms with van der Waals surface area (Å²) < 4.78 is 11.7. The first kappa shape index (κ1) is 13.2. The van der Waals surface area contributed by atoms with E-state index >= 15 is 0 Å². The van der Waals surface area contributed by atoms with Crippen molar-refractivity contribution >= 4 is 21.9 Å². The Morgan fingerprint density at radius 1 is 1.39 bits per heavy atom. The first-order chi connectivity index (χ1) is 8.50. The number of ether oxygens (including phenoxy) is 2. The summed E-state index contributed by atoms with van der Waals surface area (Å²) in [5, 5.41) is 9.26. The van der Waals surface area contributed by atoms with E-state index in [4.69, 9.17) is 9.47 Å². The maximum Gasteiger partial charge on any atom is 0.325 e. The van der Waals surface area contributed by atoms with Crippen LogP contribution in [0.25, 0.3) is 0 Å². The minimum atomic E-state index is -0.899. The molecule has 1 atom stereocenters. The number of nitrogens with zero attached hydrogens (tertiary/aromatic N) is 1. The van der Waals surface area contributed by atoms with Crippen LogP contribution in [0.3, 0.4) is 0 Å². The summed E-state index contributed by atoms with van der Waals surface area (Å²) in [4.78, 5) is 12.9. The van der Waals surface area contributed by atoms with Crippen LogP contribution in [0.15, 0.2) is 16.6 Å². The number of rotatable bonds is 3. The molecule has 1 aromatic carbocycles. The quantitative estimate of drug-likeness (QED) is 0.923. The molecule has 2 rings (SSSR count). The lowest BCUT2D eigenvalue weighted by Gasteiger charge is -2.24. The molecular weight excluding hydrogens is 302 g/mol. The van der Waals surface area contributed by atoms with Crippen molar-refractivity contribution in [1.82, 2.24) is 4.90 Å². The zero-order valence-electron chi connectivity index (χ0n) is 10.1. The van der Waals surface area contributed by atoms with Crippen molar-refractivity contribution in [2.45, 2.75) is 6.04 Å². The van der Waals surface area contributed by atoms with Crippen molar-refractivity contribution in [1.29, 1.82) is 0 Å². The van der Waals surface area contributed by atoms with Crippen LogP contribution in [0.4, 0.5) is 0 Å². The molecule has 0 aliphatic carbocycles. The van der Waals surface area contributed by atoms with Crippen LogP contribution in [-0.4, -0.2) is 43.3 Å². The zero-order valence-corrected chi connectivity index (χ0v) is 11.7. The summed E-state index contributed by atoms with van der Waals surface area (Å²) in [7, 11) is 3.45. The van der Waals surface area contributed by atoms with Crippen molar-refractivity contribution in [3.05, 3.63) is 22.2 Å². The van der Waals surface area contributed by atoms with Crippen molar-refractivity contribution < 1.29 is 19.4 Å². The van der Waals surface area contributed by atoms with Crippen molar-refractivity contribution in [2.75, 3.05) is 27.3 Å². The summed E-state index contributed by atoms with van der Waals surface area (Å²) in [6.07, 6.45) is 0. The number of carboxylic acids is 1. The summed E-state index contributed by atoms with van der Waals surface area (Å²) in [5.74, 6) is 0.315. The Morgan fingerprint density at radius 2 is 2.06 bits per heavy atom. The van der Waals surface area contributed by atoms with Crippen LogP contribution in [0.2, 0.25) is 0 Å². The number of hydrogen-bond donors (Lipinski definition) is 1. The molecule has 0 aromatic heterocycles. The molecule has 18 heavy (non-hydrogen) atoms. The first-order valence-corrected chi connectivity index (χ1v) is 6.28. The molecule has 1 aromatic rings. The highest BCUT2D eigenvalue weighted by molar-refractivity contribution is 9.10. The van der Waals surface area contributed by atoms with Gasteiger partial charge in [-0.25, -0.2) is 0 Å². The van der Waals surface area contributed by atoms with Crippen molar-refractivity contribution in [3.63, 3.8) is 0 Å². The topological polar surface area (TPSA) is 59.0 Å². The van der Waals surface area contributed by atoms with Gasteiger partial charge in [0.15, 0.2) is 11.5 Å². The van der Waals surface area contributed by atoms with Gasteiger partial charge in [0.05, 0.1) is 4.47 Å². The van der Waals surface area contributed by atoms with E-state index in [-0.39, 0.29) is 0 Å². The normalized spacial score (nSPS) is 15.6. The Hall–Kier alpha value is -1.27. The van der Waals surface area contributed by atoms with Gasteiger partial charge in [0.1, 0.15) is 19.3 Å². The third kappa shape index (κ3) is 2.44. The standard InChI is InChI=1S/C12H14BrNO4/c1-14(2)10(12(15)16)7-5-8(13)11-9(6-7)17-3-4-18-11/h5-6,10H,3-4H2,1-2H3,(H,15,16). The number of carbonyl (C=O) groups is 1. The summed E-state index contributed by atoms with van der Waals surface area (Å²) in [5.41, 5.74) is 0.656. The number of hydrogen-bond acceptors (Lipinski definition) is 4. The highest BCUT2D eigenvalue weighted by Gasteiger charge is 2.26. The average Bonchev–Trinajstić information content (AvgIpc) is 2.28. The number of halogens is 1. The second kappa shape index (κ2) is 5.16. The van der Waals surface area contributed by atoms with Gasteiger partial charge in [-0.15, -0.1) is 0 Å². The molecule has 0 bridgehead atoms. The summed E-state index contributed by atoms with van der Waals surface area (Å²) >= 11 is 3.38. The van der Waals surface area contributed by atoms with E-state index in [2.05, 4.69) is 15.9 Å². The molecule has 1 aliphatic rings. The Morgan fingerprint density at radius 3 is 2.67 bits per heavy atom. The van der Waals surface area contributed by atoms with Gasteiger partial charge in [-0.05, 0) is 47.7 Å². The molecule has 0 fully saturated rings. The second-order valence-corrected chi connectivity index (χ2v) is 5.09. The Bertz CT molecular complexity index is 475. The fourth-order valence-electron chi connectivity index (χ4n) is 1.95. The molecule has 98 valence electrons. The van der Waals surface area contributed by atoms with Crippen LogP contribution in [0.5, 0.6) is 11.5 Å². The maximum atomic E-state index is 11.3. The van der Waals surface area contributed by atoms with Crippen LogP contribution >= 0.6 is 15.9 Å². The van der Waals surface area contributed by atoms with E-state index in [1.807, 2.05) is 0 Å². The third-order valence-electron chi connectivity index (χ3n) is 2.69. The van der Waals surface area contributed by atoms with Crippen LogP contribution in [-0.2, 0) is 4.79 Å². The molecule has 0 radical (unpaired) electrons. The van der Waals surface area contributed by atoms with Crippen LogP contribution in [0.1, 0.15) is 11.6 Å². The van der Waals surface area contributed by atoms with Crippen LogP contribution < -0.4 is 9.47 Å². The zero-order chi connectivity index (χ0) is 13.3. The number of carboxylic acid groups (broad SMARTS) is 1. The monoisotopic (exact) mass is 315 g/mol. The SMILES string of the molecule is CN(C)C(C(=O)O)c1cc(Br)c2c(c1)OCCO2. The highest BCUT2D eigenvalue weighted by Crippen LogP contribution is 2.40. The number of aliphatic carboxylic acids is 1. The molecule has 0 spiro atoms. The fourth-order valence-corrected chi connectivity index (χ4v) is 2.52. The van der Waals surface area contributed by atoms with Gasteiger partial charge >= 0.3 is 5.97 Å². The summed E-state index contributed by atoms with van der Waals surface area (Å²) in [6, 6.07) is 2.77.